The minimum absolute atomic E-state index is 0.203. The highest BCUT2D eigenvalue weighted by atomic mass is 19.4. The zero-order chi connectivity index (χ0) is 12.9. The number of aromatic nitrogens is 2. The van der Waals surface area contributed by atoms with Gasteiger partial charge in [0.1, 0.15) is 5.82 Å². The highest BCUT2D eigenvalue weighted by molar-refractivity contribution is 4.91. The lowest BCUT2D eigenvalue weighted by molar-refractivity contribution is -0.125. The van der Waals surface area contributed by atoms with Crippen molar-refractivity contribution in [3.8, 4) is 0 Å². The Kier molecular flexibility index (Phi) is 4.99. The molecule has 0 radical (unpaired) electrons. The maximum atomic E-state index is 11.9. The normalized spacial score (nSPS) is 13.9. The summed E-state index contributed by atoms with van der Waals surface area (Å²) in [6, 6.07) is 0. The van der Waals surface area contributed by atoms with Crippen LogP contribution < -0.4 is 5.32 Å². The van der Waals surface area contributed by atoms with E-state index in [0.29, 0.717) is 6.54 Å². The van der Waals surface area contributed by atoms with E-state index in [1.54, 1.807) is 6.20 Å². The van der Waals surface area contributed by atoms with Crippen LogP contribution in [-0.4, -0.2) is 28.8 Å². The number of hydrogen-bond donors (Lipinski definition) is 1. The summed E-state index contributed by atoms with van der Waals surface area (Å²) in [4.78, 5) is 4.17. The molecule has 0 aromatic carbocycles. The Balaban J connectivity index is 2.18. The molecule has 0 amide bonds. The van der Waals surface area contributed by atoms with Gasteiger partial charge in [-0.25, -0.2) is 4.98 Å². The average molecular weight is 249 g/mol. The molecule has 98 valence electrons. The molecule has 0 aliphatic carbocycles. The van der Waals surface area contributed by atoms with Crippen LogP contribution in [0.1, 0.15) is 19.2 Å². The van der Waals surface area contributed by atoms with Crippen molar-refractivity contribution in [2.45, 2.75) is 25.9 Å². The molecule has 17 heavy (non-hydrogen) atoms. The maximum absolute atomic E-state index is 11.9. The first-order chi connectivity index (χ1) is 7.88. The van der Waals surface area contributed by atoms with E-state index in [-0.39, 0.29) is 5.92 Å². The van der Waals surface area contributed by atoms with Crippen LogP contribution in [0.25, 0.3) is 0 Å². The van der Waals surface area contributed by atoms with Gasteiger partial charge in [0.05, 0.1) is 6.54 Å². The number of imidazole rings is 1. The number of hydrogen-bond acceptors (Lipinski definition) is 2. The summed E-state index contributed by atoms with van der Waals surface area (Å²) < 4.78 is 37.6. The Morgan fingerprint density at radius 2 is 2.18 bits per heavy atom. The van der Waals surface area contributed by atoms with Gasteiger partial charge in [0, 0.05) is 25.9 Å². The summed E-state index contributed by atoms with van der Waals surface area (Å²) in [5, 5.41) is 2.42. The molecular formula is C11H18F3N3. The highest BCUT2D eigenvalue weighted by Crippen LogP contribution is 2.13. The van der Waals surface area contributed by atoms with Gasteiger partial charge in [0.15, 0.2) is 0 Å². The molecule has 0 saturated heterocycles. The predicted molar refractivity (Wildman–Crippen MR) is 59.6 cm³/mol. The molecule has 1 unspecified atom stereocenters. The fraction of sp³-hybridized carbons (Fsp3) is 0.727. The SMILES string of the molecule is CC(CCc1nccn1C)CNCC(F)(F)F. The quantitative estimate of drug-likeness (QED) is 0.837. The van der Waals surface area contributed by atoms with Crippen LogP contribution in [0.4, 0.5) is 13.2 Å². The van der Waals surface area contributed by atoms with E-state index >= 15 is 0 Å². The van der Waals surface area contributed by atoms with Gasteiger partial charge in [-0.2, -0.15) is 13.2 Å². The van der Waals surface area contributed by atoms with Gasteiger partial charge in [0.2, 0.25) is 0 Å². The van der Waals surface area contributed by atoms with E-state index < -0.39 is 12.7 Å². The Labute approximate surface area is 99.0 Å². The zero-order valence-corrected chi connectivity index (χ0v) is 10.1. The third-order valence-electron chi connectivity index (χ3n) is 2.60. The molecule has 0 fully saturated rings. The van der Waals surface area contributed by atoms with Crippen molar-refractivity contribution in [2.75, 3.05) is 13.1 Å². The maximum Gasteiger partial charge on any atom is 0.401 e. The molecule has 0 aliphatic heterocycles. The van der Waals surface area contributed by atoms with Gasteiger partial charge in [-0.1, -0.05) is 6.92 Å². The van der Waals surface area contributed by atoms with Crippen molar-refractivity contribution < 1.29 is 13.2 Å². The highest BCUT2D eigenvalue weighted by Gasteiger charge is 2.26. The number of alkyl halides is 3. The minimum atomic E-state index is -4.13. The van der Waals surface area contributed by atoms with Crippen LogP contribution >= 0.6 is 0 Å². The van der Waals surface area contributed by atoms with E-state index in [2.05, 4.69) is 10.3 Å². The first-order valence-electron chi connectivity index (χ1n) is 5.62. The van der Waals surface area contributed by atoms with E-state index in [9.17, 15) is 13.2 Å². The summed E-state index contributed by atoms with van der Waals surface area (Å²) >= 11 is 0. The number of nitrogens with one attached hydrogen (secondary N) is 1. The fourth-order valence-corrected chi connectivity index (χ4v) is 1.58. The van der Waals surface area contributed by atoms with Crippen molar-refractivity contribution in [1.29, 1.82) is 0 Å². The van der Waals surface area contributed by atoms with E-state index in [4.69, 9.17) is 0 Å². The monoisotopic (exact) mass is 249 g/mol. The van der Waals surface area contributed by atoms with Crippen LogP contribution in [0, 0.1) is 5.92 Å². The van der Waals surface area contributed by atoms with Crippen molar-refractivity contribution in [3.05, 3.63) is 18.2 Å². The van der Waals surface area contributed by atoms with Gasteiger partial charge in [-0.15, -0.1) is 0 Å². The van der Waals surface area contributed by atoms with E-state index in [0.717, 1.165) is 18.7 Å². The van der Waals surface area contributed by atoms with Crippen molar-refractivity contribution >= 4 is 0 Å². The predicted octanol–water partition coefficient (Wildman–Crippen LogP) is 2.14. The Morgan fingerprint density at radius 3 is 2.71 bits per heavy atom. The topological polar surface area (TPSA) is 29.9 Å². The first-order valence-corrected chi connectivity index (χ1v) is 5.62. The van der Waals surface area contributed by atoms with Gasteiger partial charge < -0.3 is 9.88 Å². The standard InChI is InChI=1S/C11H18F3N3/c1-9(7-15-8-11(12,13)14)3-4-10-16-5-6-17(10)2/h5-6,9,15H,3-4,7-8H2,1-2H3. The summed E-state index contributed by atoms with van der Waals surface area (Å²) in [5.74, 6) is 1.17. The molecule has 3 nitrogen and oxygen atoms in total. The molecule has 0 spiro atoms. The molecule has 1 heterocycles. The second-order valence-corrected chi connectivity index (χ2v) is 4.34. The third-order valence-corrected chi connectivity index (χ3v) is 2.60. The minimum Gasteiger partial charge on any atom is -0.338 e. The lowest BCUT2D eigenvalue weighted by Gasteiger charge is -2.13. The van der Waals surface area contributed by atoms with Crippen LogP contribution in [-0.2, 0) is 13.5 Å². The summed E-state index contributed by atoms with van der Waals surface area (Å²) in [5.41, 5.74) is 0. The van der Waals surface area contributed by atoms with Crippen LogP contribution in [0.5, 0.6) is 0 Å². The molecule has 1 N–H and O–H groups in total. The first kappa shape index (κ1) is 14.0. The van der Waals surface area contributed by atoms with Gasteiger partial charge in [-0.3, -0.25) is 0 Å². The smallest absolute Gasteiger partial charge is 0.338 e. The van der Waals surface area contributed by atoms with Crippen molar-refractivity contribution in [2.24, 2.45) is 13.0 Å². The van der Waals surface area contributed by atoms with Crippen LogP contribution in [0.2, 0.25) is 0 Å². The van der Waals surface area contributed by atoms with Gasteiger partial charge >= 0.3 is 6.18 Å². The molecule has 1 aromatic rings. The second kappa shape index (κ2) is 6.05. The van der Waals surface area contributed by atoms with E-state index in [1.165, 1.54) is 0 Å². The molecule has 1 aromatic heterocycles. The largest absolute Gasteiger partial charge is 0.401 e. The third kappa shape index (κ3) is 5.72. The molecule has 0 saturated carbocycles. The number of halogens is 3. The average Bonchev–Trinajstić information content (AvgIpc) is 2.59. The number of aryl methyl sites for hydroxylation is 2. The van der Waals surface area contributed by atoms with Gasteiger partial charge in [0.25, 0.3) is 0 Å². The van der Waals surface area contributed by atoms with Crippen LogP contribution in [0.15, 0.2) is 12.4 Å². The molecule has 0 aliphatic rings. The Bertz CT molecular complexity index is 333. The molecular weight excluding hydrogens is 231 g/mol. The summed E-state index contributed by atoms with van der Waals surface area (Å²) in [6.07, 6.45) is 1.08. The zero-order valence-electron chi connectivity index (χ0n) is 10.1. The second-order valence-electron chi connectivity index (χ2n) is 4.34. The van der Waals surface area contributed by atoms with E-state index in [1.807, 2.05) is 24.7 Å². The Morgan fingerprint density at radius 1 is 1.47 bits per heavy atom. The lowest BCUT2D eigenvalue weighted by atomic mass is 10.1. The van der Waals surface area contributed by atoms with Gasteiger partial charge in [-0.05, 0) is 18.9 Å². The number of rotatable bonds is 6. The molecule has 1 rings (SSSR count). The van der Waals surface area contributed by atoms with Crippen molar-refractivity contribution in [1.82, 2.24) is 14.9 Å². The van der Waals surface area contributed by atoms with Crippen LogP contribution in [0.3, 0.4) is 0 Å². The molecule has 1 atom stereocenters. The summed E-state index contributed by atoms with van der Waals surface area (Å²) in [6.45, 7) is 1.40. The fourth-order valence-electron chi connectivity index (χ4n) is 1.58. The Hall–Kier alpha value is -1.04. The summed E-state index contributed by atoms with van der Waals surface area (Å²) in [7, 11) is 1.91. The molecule has 0 bridgehead atoms. The molecule has 6 heteroatoms. The number of nitrogens with zero attached hydrogens (tertiary/aromatic N) is 2. The lowest BCUT2D eigenvalue weighted by Crippen LogP contribution is -2.32. The van der Waals surface area contributed by atoms with Crippen molar-refractivity contribution in [3.63, 3.8) is 0 Å².